The first kappa shape index (κ1) is 17.1. The first-order chi connectivity index (χ1) is 11.3. The Bertz CT molecular complexity index is 778. The van der Waals surface area contributed by atoms with Crippen molar-refractivity contribution in [2.24, 2.45) is 0 Å². The zero-order valence-corrected chi connectivity index (χ0v) is 12.5. The summed E-state index contributed by atoms with van der Waals surface area (Å²) < 4.78 is 33.9. The van der Waals surface area contributed by atoms with Crippen LogP contribution in [0, 0.1) is 17.0 Å². The zero-order chi connectivity index (χ0) is 17.9. The first-order valence-corrected chi connectivity index (χ1v) is 6.47. The van der Waals surface area contributed by atoms with Crippen molar-refractivity contribution < 1.29 is 28.0 Å². The highest BCUT2D eigenvalue weighted by Gasteiger charge is 2.30. The number of carbonyl (C=O) groups excluding carboxylic acids is 1. The monoisotopic (exact) mass is 342 g/mol. The van der Waals surface area contributed by atoms with Gasteiger partial charge in [-0.3, -0.25) is 20.0 Å². The lowest BCUT2D eigenvalue weighted by Gasteiger charge is -2.12. The van der Waals surface area contributed by atoms with Gasteiger partial charge >= 0.3 is 18.2 Å². The second-order valence-corrected chi connectivity index (χ2v) is 4.55. The highest BCUT2D eigenvalue weighted by molar-refractivity contribution is 6.06. The van der Waals surface area contributed by atoms with Gasteiger partial charge in [0.1, 0.15) is 5.75 Å². The predicted molar refractivity (Wildman–Crippen MR) is 77.6 cm³/mol. The average Bonchev–Trinajstić information content (AvgIpc) is 2.94. The van der Waals surface area contributed by atoms with Crippen molar-refractivity contribution in [3.8, 4) is 11.6 Å². The summed E-state index contributed by atoms with van der Waals surface area (Å²) in [6, 6.07) is 4.14. The van der Waals surface area contributed by atoms with Gasteiger partial charge in [-0.25, -0.2) is 0 Å². The third kappa shape index (κ3) is 3.56. The summed E-state index contributed by atoms with van der Waals surface area (Å²) in [5, 5.41) is 19.0. The number of hydrogen-bond acceptors (Lipinski definition) is 6. The number of alkyl halides is 2. The largest absolute Gasteiger partial charge is 0.475 e. The van der Waals surface area contributed by atoms with Crippen LogP contribution in [0.2, 0.25) is 0 Å². The molecule has 24 heavy (non-hydrogen) atoms. The zero-order valence-electron chi connectivity index (χ0n) is 12.5. The molecule has 1 amide bonds. The molecule has 0 unspecified atom stereocenters. The van der Waals surface area contributed by atoms with Crippen LogP contribution >= 0.6 is 0 Å². The molecule has 2 rings (SSSR count). The molecule has 0 spiro atoms. The molecule has 2 aromatic rings. The number of H-pyrrole nitrogens is 1. The number of carbonyl (C=O) groups is 1. The number of nitrogens with zero attached hydrogens (tertiary/aromatic N) is 2. The normalized spacial score (nSPS) is 10.5. The molecule has 1 aromatic heterocycles. The molecule has 0 radical (unpaired) electrons. The maximum Gasteiger partial charge on any atom is 0.387 e. The van der Waals surface area contributed by atoms with Gasteiger partial charge in [-0.2, -0.15) is 8.78 Å². The fourth-order valence-corrected chi connectivity index (χ4v) is 1.91. The van der Waals surface area contributed by atoms with Gasteiger partial charge in [0.15, 0.2) is 0 Å². The second-order valence-electron chi connectivity index (χ2n) is 4.55. The molecule has 11 heteroatoms. The van der Waals surface area contributed by atoms with Gasteiger partial charge in [-0.15, -0.1) is 5.10 Å². The van der Waals surface area contributed by atoms with Crippen LogP contribution in [0.25, 0.3) is 0 Å². The van der Waals surface area contributed by atoms with Crippen molar-refractivity contribution in [1.82, 2.24) is 10.2 Å². The number of aryl methyl sites for hydroxylation is 1. The van der Waals surface area contributed by atoms with E-state index >= 15 is 0 Å². The van der Waals surface area contributed by atoms with Crippen molar-refractivity contribution >= 4 is 17.3 Å². The van der Waals surface area contributed by atoms with Crippen LogP contribution in [-0.4, -0.2) is 34.7 Å². The molecule has 2 N–H and O–H groups in total. The summed E-state index contributed by atoms with van der Waals surface area (Å²) in [6.45, 7) is -1.42. The maximum absolute atomic E-state index is 12.4. The van der Waals surface area contributed by atoms with Gasteiger partial charge in [-0.05, 0) is 24.6 Å². The minimum atomic E-state index is -3.09. The SMILES string of the molecule is COc1n[nH]c(C(=O)Nc2cc(C)ccc2OC(F)F)c1[N+](=O)[O-]. The molecule has 0 fully saturated rings. The van der Waals surface area contributed by atoms with Crippen LogP contribution in [0.15, 0.2) is 18.2 Å². The van der Waals surface area contributed by atoms with E-state index in [-0.39, 0.29) is 17.3 Å². The van der Waals surface area contributed by atoms with Gasteiger partial charge < -0.3 is 14.8 Å². The van der Waals surface area contributed by atoms with Crippen LogP contribution in [0.5, 0.6) is 11.6 Å². The molecule has 1 aromatic carbocycles. The molecule has 0 aliphatic rings. The minimum absolute atomic E-state index is 0.0665. The summed E-state index contributed by atoms with van der Waals surface area (Å²) in [4.78, 5) is 22.4. The van der Waals surface area contributed by atoms with Crippen LogP contribution < -0.4 is 14.8 Å². The molecule has 0 saturated heterocycles. The van der Waals surface area contributed by atoms with Gasteiger partial charge in [0.25, 0.3) is 5.91 Å². The number of anilines is 1. The van der Waals surface area contributed by atoms with E-state index < -0.39 is 28.8 Å². The number of aromatic amines is 1. The number of hydrogen-bond donors (Lipinski definition) is 2. The van der Waals surface area contributed by atoms with Crippen molar-refractivity contribution in [1.29, 1.82) is 0 Å². The maximum atomic E-state index is 12.4. The Morgan fingerprint density at radius 2 is 2.17 bits per heavy atom. The van der Waals surface area contributed by atoms with Crippen LogP contribution in [-0.2, 0) is 0 Å². The molecule has 0 atom stereocenters. The molecule has 0 aliphatic carbocycles. The summed E-state index contributed by atoms with van der Waals surface area (Å²) in [7, 11) is 1.15. The molecule has 0 aliphatic heterocycles. The number of aromatic nitrogens is 2. The van der Waals surface area contributed by atoms with E-state index in [1.165, 1.54) is 18.2 Å². The van der Waals surface area contributed by atoms with Gasteiger partial charge in [0.05, 0.1) is 17.7 Å². The molecular weight excluding hydrogens is 330 g/mol. The van der Waals surface area contributed by atoms with E-state index in [1.54, 1.807) is 6.92 Å². The predicted octanol–water partition coefficient (Wildman–Crippen LogP) is 2.49. The van der Waals surface area contributed by atoms with Crippen molar-refractivity contribution in [2.45, 2.75) is 13.5 Å². The summed E-state index contributed by atoms with van der Waals surface area (Å²) in [6.07, 6.45) is 0. The standard InChI is InChI=1S/C13H12F2N4O5/c1-6-3-4-8(24-13(14)15)7(5-6)16-11(20)9-10(19(21)22)12(23-2)18-17-9/h3-5,13H,1-2H3,(H,16,20)(H,17,18). The highest BCUT2D eigenvalue weighted by Crippen LogP contribution is 2.31. The summed E-state index contributed by atoms with van der Waals surface area (Å²) in [5.41, 5.74) is -0.563. The number of methoxy groups -OCH3 is 1. The van der Waals surface area contributed by atoms with Crippen molar-refractivity contribution in [3.63, 3.8) is 0 Å². The second kappa shape index (κ2) is 6.89. The number of nitrogens with one attached hydrogen (secondary N) is 2. The Labute approximate surface area is 133 Å². The third-order valence-corrected chi connectivity index (χ3v) is 2.91. The highest BCUT2D eigenvalue weighted by atomic mass is 19.3. The molecule has 1 heterocycles. The lowest BCUT2D eigenvalue weighted by molar-refractivity contribution is -0.386. The molecule has 0 saturated carbocycles. The lowest BCUT2D eigenvalue weighted by Crippen LogP contribution is -2.16. The molecular formula is C13H12F2N4O5. The first-order valence-electron chi connectivity index (χ1n) is 6.47. The quantitative estimate of drug-likeness (QED) is 0.615. The smallest absolute Gasteiger partial charge is 0.387 e. The van der Waals surface area contributed by atoms with Crippen molar-refractivity contribution in [3.05, 3.63) is 39.6 Å². The van der Waals surface area contributed by atoms with Gasteiger partial charge in [0.2, 0.25) is 5.69 Å². The Morgan fingerprint density at radius 1 is 1.46 bits per heavy atom. The molecule has 9 nitrogen and oxygen atoms in total. The number of amides is 1. The third-order valence-electron chi connectivity index (χ3n) is 2.91. The summed E-state index contributed by atoms with van der Waals surface area (Å²) >= 11 is 0. The molecule has 0 bridgehead atoms. The topological polar surface area (TPSA) is 119 Å². The van der Waals surface area contributed by atoms with Gasteiger partial charge in [0, 0.05) is 0 Å². The van der Waals surface area contributed by atoms with E-state index in [2.05, 4.69) is 20.3 Å². The molecule has 128 valence electrons. The van der Waals surface area contributed by atoms with E-state index in [0.29, 0.717) is 5.56 Å². The van der Waals surface area contributed by atoms with E-state index in [4.69, 9.17) is 4.74 Å². The lowest BCUT2D eigenvalue weighted by atomic mass is 10.2. The number of rotatable bonds is 6. The summed E-state index contributed by atoms with van der Waals surface area (Å²) in [5.74, 6) is -1.61. The Balaban J connectivity index is 2.35. The Morgan fingerprint density at radius 3 is 2.75 bits per heavy atom. The number of halogens is 2. The van der Waals surface area contributed by atoms with Crippen LogP contribution in [0.3, 0.4) is 0 Å². The van der Waals surface area contributed by atoms with E-state index in [9.17, 15) is 23.7 Å². The number of benzene rings is 1. The van der Waals surface area contributed by atoms with Crippen LogP contribution in [0.4, 0.5) is 20.2 Å². The van der Waals surface area contributed by atoms with Crippen molar-refractivity contribution in [2.75, 3.05) is 12.4 Å². The number of nitro groups is 1. The van der Waals surface area contributed by atoms with Crippen LogP contribution in [0.1, 0.15) is 16.1 Å². The van der Waals surface area contributed by atoms with Gasteiger partial charge in [-0.1, -0.05) is 6.07 Å². The Hall–Kier alpha value is -3.24. The average molecular weight is 342 g/mol. The van der Waals surface area contributed by atoms with E-state index in [1.807, 2.05) is 0 Å². The number of ether oxygens (including phenoxy) is 2. The van der Waals surface area contributed by atoms with E-state index in [0.717, 1.165) is 7.11 Å². The Kier molecular flexibility index (Phi) is 4.92. The fourth-order valence-electron chi connectivity index (χ4n) is 1.91. The minimum Gasteiger partial charge on any atom is -0.475 e. The fraction of sp³-hybridized carbons (Fsp3) is 0.231.